The van der Waals surface area contributed by atoms with Crippen LogP contribution in [0, 0.1) is 0 Å². The number of aliphatic hydroxyl groups is 2. The number of unbranched alkanes of at least 4 members (excludes halogenated alkanes) is 12. The van der Waals surface area contributed by atoms with Gasteiger partial charge in [0.1, 0.15) is 0 Å². The fourth-order valence-corrected chi connectivity index (χ4v) is 3.43. The van der Waals surface area contributed by atoms with E-state index in [9.17, 15) is 15.0 Å². The average molecular weight is 373 g/mol. The van der Waals surface area contributed by atoms with E-state index >= 15 is 0 Å². The van der Waals surface area contributed by atoms with Gasteiger partial charge in [0.2, 0.25) is 0 Å². The molecule has 0 bridgehead atoms. The van der Waals surface area contributed by atoms with Crippen LogP contribution < -0.4 is 0 Å². The predicted molar refractivity (Wildman–Crippen MR) is 108 cm³/mol. The van der Waals surface area contributed by atoms with Gasteiger partial charge in [0.15, 0.2) is 0 Å². The topological polar surface area (TPSA) is 77.8 Å². The summed E-state index contributed by atoms with van der Waals surface area (Å²) < 4.78 is 0. The Labute approximate surface area is 161 Å². The molecular weight excluding hydrogens is 328 g/mol. The molecule has 4 heteroatoms. The molecule has 0 saturated carbocycles. The lowest BCUT2D eigenvalue weighted by atomic mass is 10.0. The van der Waals surface area contributed by atoms with E-state index in [0.29, 0.717) is 19.3 Å². The minimum absolute atomic E-state index is 0.199. The van der Waals surface area contributed by atoms with Crippen molar-refractivity contribution in [3.8, 4) is 0 Å². The standard InChI is InChI=1S/C22H44O4/c1-2-3-4-5-6-7-8-9-10-11-12-13-14-16-20(23)17-15-18-21(24)19-22(25)26/h20-21,23-24H,2-19H2,1H3,(H,25,26)/t20-,21-/m0/s1. The van der Waals surface area contributed by atoms with Crippen molar-refractivity contribution in [1.82, 2.24) is 0 Å². The second-order valence-electron chi connectivity index (χ2n) is 7.87. The monoisotopic (exact) mass is 372 g/mol. The smallest absolute Gasteiger partial charge is 0.305 e. The molecule has 0 rings (SSSR count). The lowest BCUT2D eigenvalue weighted by Gasteiger charge is -2.12. The van der Waals surface area contributed by atoms with Crippen LogP contribution in [0.1, 0.15) is 122 Å². The summed E-state index contributed by atoms with van der Waals surface area (Å²) in [5.74, 6) is -0.968. The summed E-state index contributed by atoms with van der Waals surface area (Å²) in [5.41, 5.74) is 0. The van der Waals surface area contributed by atoms with E-state index in [0.717, 1.165) is 12.8 Å². The number of rotatable bonds is 20. The molecule has 0 aromatic heterocycles. The van der Waals surface area contributed by atoms with E-state index in [4.69, 9.17) is 5.11 Å². The van der Waals surface area contributed by atoms with E-state index in [1.807, 2.05) is 0 Å². The van der Waals surface area contributed by atoms with Crippen molar-refractivity contribution >= 4 is 5.97 Å². The Morgan fingerprint density at radius 1 is 0.615 bits per heavy atom. The van der Waals surface area contributed by atoms with Crippen LogP contribution in [-0.2, 0) is 4.79 Å². The number of carbonyl (C=O) groups is 1. The number of hydrogen-bond acceptors (Lipinski definition) is 3. The quantitative estimate of drug-likeness (QED) is 0.235. The minimum atomic E-state index is -0.968. The zero-order valence-electron chi connectivity index (χ0n) is 17.1. The van der Waals surface area contributed by atoms with Gasteiger partial charge in [0.05, 0.1) is 18.6 Å². The second-order valence-corrected chi connectivity index (χ2v) is 7.87. The Balaban J connectivity index is 3.23. The molecule has 0 aromatic carbocycles. The Morgan fingerprint density at radius 3 is 1.46 bits per heavy atom. The summed E-state index contributed by atoms with van der Waals surface area (Å²) in [6.07, 6.45) is 18.6. The first-order valence-electron chi connectivity index (χ1n) is 11.1. The fraction of sp³-hybridized carbons (Fsp3) is 0.955. The molecule has 4 nitrogen and oxygen atoms in total. The Morgan fingerprint density at radius 2 is 1.00 bits per heavy atom. The highest BCUT2D eigenvalue weighted by molar-refractivity contribution is 5.67. The SMILES string of the molecule is CCCCCCCCCCCCCCC[C@H](O)CCC[C@H](O)CC(=O)O. The third-order valence-electron chi connectivity index (χ3n) is 5.13. The summed E-state index contributed by atoms with van der Waals surface area (Å²) >= 11 is 0. The van der Waals surface area contributed by atoms with Crippen LogP contribution in [0.25, 0.3) is 0 Å². The van der Waals surface area contributed by atoms with Crippen molar-refractivity contribution in [2.24, 2.45) is 0 Å². The number of hydrogen-bond donors (Lipinski definition) is 3. The van der Waals surface area contributed by atoms with Crippen LogP contribution in [0.5, 0.6) is 0 Å². The average Bonchev–Trinajstić information content (AvgIpc) is 2.58. The van der Waals surface area contributed by atoms with Gasteiger partial charge in [-0.15, -0.1) is 0 Å². The number of aliphatic carboxylic acids is 1. The number of carboxylic acid groups (broad SMARTS) is 1. The molecule has 0 unspecified atom stereocenters. The molecule has 156 valence electrons. The fourth-order valence-electron chi connectivity index (χ4n) is 3.43. The largest absolute Gasteiger partial charge is 0.481 e. The third-order valence-corrected chi connectivity index (χ3v) is 5.13. The number of carboxylic acids is 1. The lowest BCUT2D eigenvalue weighted by molar-refractivity contribution is -0.139. The van der Waals surface area contributed by atoms with Crippen molar-refractivity contribution in [3.63, 3.8) is 0 Å². The van der Waals surface area contributed by atoms with Crippen molar-refractivity contribution in [2.75, 3.05) is 0 Å². The van der Waals surface area contributed by atoms with E-state index < -0.39 is 12.1 Å². The molecule has 0 radical (unpaired) electrons. The summed E-state index contributed by atoms with van der Waals surface area (Å²) in [6, 6.07) is 0. The molecule has 2 atom stereocenters. The van der Waals surface area contributed by atoms with E-state index in [2.05, 4.69) is 6.92 Å². The Kier molecular flexibility index (Phi) is 18.7. The Bertz CT molecular complexity index is 307. The molecule has 0 aliphatic rings. The Hall–Kier alpha value is -0.610. The van der Waals surface area contributed by atoms with E-state index in [1.165, 1.54) is 77.0 Å². The van der Waals surface area contributed by atoms with Gasteiger partial charge < -0.3 is 15.3 Å². The molecule has 0 fully saturated rings. The molecular formula is C22H44O4. The van der Waals surface area contributed by atoms with E-state index in [-0.39, 0.29) is 12.5 Å². The van der Waals surface area contributed by atoms with Gasteiger partial charge in [-0.05, 0) is 25.7 Å². The first-order chi connectivity index (χ1) is 12.6. The van der Waals surface area contributed by atoms with Gasteiger partial charge in [-0.2, -0.15) is 0 Å². The third kappa shape index (κ3) is 19.7. The first kappa shape index (κ1) is 25.4. The summed E-state index contributed by atoms with van der Waals surface area (Å²) in [6.45, 7) is 2.26. The van der Waals surface area contributed by atoms with Crippen LogP contribution in [0.4, 0.5) is 0 Å². The van der Waals surface area contributed by atoms with Gasteiger partial charge in [0, 0.05) is 0 Å². The summed E-state index contributed by atoms with van der Waals surface area (Å²) in [4.78, 5) is 10.4. The molecule has 3 N–H and O–H groups in total. The highest BCUT2D eigenvalue weighted by Gasteiger charge is 2.10. The number of aliphatic hydroxyl groups excluding tert-OH is 2. The molecule has 0 saturated heterocycles. The van der Waals surface area contributed by atoms with Crippen molar-refractivity contribution in [3.05, 3.63) is 0 Å². The maximum absolute atomic E-state index is 10.4. The van der Waals surface area contributed by atoms with Crippen molar-refractivity contribution in [1.29, 1.82) is 0 Å². The first-order valence-corrected chi connectivity index (χ1v) is 11.1. The van der Waals surface area contributed by atoms with Gasteiger partial charge >= 0.3 is 5.97 Å². The van der Waals surface area contributed by atoms with Gasteiger partial charge in [0.25, 0.3) is 0 Å². The molecule has 0 spiro atoms. The van der Waals surface area contributed by atoms with Crippen LogP contribution in [0.15, 0.2) is 0 Å². The maximum Gasteiger partial charge on any atom is 0.305 e. The lowest BCUT2D eigenvalue weighted by Crippen LogP contribution is -2.14. The molecule has 0 heterocycles. The highest BCUT2D eigenvalue weighted by atomic mass is 16.4. The molecule has 0 amide bonds. The van der Waals surface area contributed by atoms with Gasteiger partial charge in [-0.25, -0.2) is 0 Å². The predicted octanol–water partition coefficient (Wildman–Crippen LogP) is 5.83. The molecule has 0 aliphatic heterocycles. The highest BCUT2D eigenvalue weighted by Crippen LogP contribution is 2.15. The van der Waals surface area contributed by atoms with Crippen molar-refractivity contribution < 1.29 is 20.1 Å². The van der Waals surface area contributed by atoms with Crippen LogP contribution >= 0.6 is 0 Å². The van der Waals surface area contributed by atoms with E-state index in [1.54, 1.807) is 0 Å². The summed E-state index contributed by atoms with van der Waals surface area (Å²) in [7, 11) is 0. The zero-order valence-corrected chi connectivity index (χ0v) is 17.1. The minimum Gasteiger partial charge on any atom is -0.481 e. The van der Waals surface area contributed by atoms with Crippen LogP contribution in [-0.4, -0.2) is 33.5 Å². The summed E-state index contributed by atoms with van der Waals surface area (Å²) in [5, 5.41) is 28.0. The van der Waals surface area contributed by atoms with Gasteiger partial charge in [-0.1, -0.05) is 90.4 Å². The van der Waals surface area contributed by atoms with Crippen LogP contribution in [0.3, 0.4) is 0 Å². The molecule has 0 aromatic rings. The molecule has 0 aliphatic carbocycles. The normalized spacial score (nSPS) is 13.7. The van der Waals surface area contributed by atoms with Crippen LogP contribution in [0.2, 0.25) is 0 Å². The van der Waals surface area contributed by atoms with Gasteiger partial charge in [-0.3, -0.25) is 4.79 Å². The second kappa shape index (κ2) is 19.2. The van der Waals surface area contributed by atoms with Crippen molar-refractivity contribution in [2.45, 2.75) is 135 Å². The molecule has 26 heavy (non-hydrogen) atoms. The zero-order chi connectivity index (χ0) is 19.5. The maximum atomic E-state index is 10.4.